The van der Waals surface area contributed by atoms with Crippen LogP contribution in [0.3, 0.4) is 0 Å². The van der Waals surface area contributed by atoms with Gasteiger partial charge in [-0.15, -0.1) is 0 Å². The molecular weight excluding hydrogens is 243 g/mol. The van der Waals surface area contributed by atoms with Crippen molar-refractivity contribution in [3.8, 4) is 0 Å². The van der Waals surface area contributed by atoms with Gasteiger partial charge < -0.3 is 0 Å². The third kappa shape index (κ3) is 2.95. The van der Waals surface area contributed by atoms with Crippen LogP contribution in [-0.2, 0) is 9.59 Å². The maximum absolute atomic E-state index is 12.1. The van der Waals surface area contributed by atoms with E-state index in [1.165, 1.54) is 0 Å². The summed E-state index contributed by atoms with van der Waals surface area (Å²) in [4.78, 5) is 35.2. The zero-order chi connectivity index (χ0) is 13.1. The molecule has 6 heteroatoms. The van der Waals surface area contributed by atoms with Crippen molar-refractivity contribution in [2.24, 2.45) is 11.3 Å². The van der Waals surface area contributed by atoms with Crippen molar-refractivity contribution in [1.82, 2.24) is 10.6 Å². The van der Waals surface area contributed by atoms with E-state index in [1.807, 2.05) is 20.8 Å². The van der Waals surface area contributed by atoms with Gasteiger partial charge in [0.25, 0.3) is 0 Å². The second-order valence-electron chi connectivity index (χ2n) is 4.46. The second kappa shape index (κ2) is 7.26. The first-order valence-electron chi connectivity index (χ1n) is 6.19. The normalized spacial score (nSPS) is 19.6. The molecule has 0 bridgehead atoms. The maximum atomic E-state index is 12.1. The fourth-order valence-corrected chi connectivity index (χ4v) is 2.69. The van der Waals surface area contributed by atoms with Gasteiger partial charge in [-0.3, -0.25) is 20.2 Å². The molecule has 0 aromatic rings. The first kappa shape index (κ1) is 17.6. The van der Waals surface area contributed by atoms with Crippen molar-refractivity contribution in [1.29, 1.82) is 0 Å². The zero-order valence-electron chi connectivity index (χ0n) is 11.6. The van der Waals surface area contributed by atoms with E-state index in [9.17, 15) is 14.4 Å². The predicted molar refractivity (Wildman–Crippen MR) is 63.1 cm³/mol. The van der Waals surface area contributed by atoms with E-state index in [2.05, 4.69) is 10.6 Å². The van der Waals surface area contributed by atoms with Gasteiger partial charge in [-0.05, 0) is 18.8 Å². The molecule has 2 N–H and O–H groups in total. The van der Waals surface area contributed by atoms with Gasteiger partial charge in [0.15, 0.2) is 0 Å². The molecule has 0 aliphatic carbocycles. The molecule has 0 aromatic heterocycles. The van der Waals surface area contributed by atoms with Crippen LogP contribution in [0.15, 0.2) is 0 Å². The summed E-state index contributed by atoms with van der Waals surface area (Å²) < 4.78 is 0. The quantitative estimate of drug-likeness (QED) is 0.472. The van der Waals surface area contributed by atoms with E-state index < -0.39 is 23.3 Å². The number of rotatable bonds is 5. The molecule has 1 atom stereocenters. The number of nitrogens with one attached hydrogen (secondary N) is 2. The van der Waals surface area contributed by atoms with Crippen LogP contribution < -0.4 is 40.2 Å². The molecule has 0 saturated carbocycles. The summed E-state index contributed by atoms with van der Waals surface area (Å²) in [5.41, 5.74) is -1.08. The molecule has 18 heavy (non-hydrogen) atoms. The third-order valence-corrected chi connectivity index (χ3v) is 3.65. The van der Waals surface area contributed by atoms with E-state index >= 15 is 0 Å². The van der Waals surface area contributed by atoms with E-state index in [0.29, 0.717) is 6.42 Å². The number of hydrogen-bond acceptors (Lipinski definition) is 3. The molecule has 1 heterocycles. The van der Waals surface area contributed by atoms with Crippen LogP contribution in [0.25, 0.3) is 0 Å². The van der Waals surface area contributed by atoms with Crippen molar-refractivity contribution in [2.45, 2.75) is 46.5 Å². The first-order valence-corrected chi connectivity index (χ1v) is 6.19. The monoisotopic (exact) mass is 263 g/mol. The number of urea groups is 1. The smallest absolute Gasteiger partial charge is 0.277 e. The van der Waals surface area contributed by atoms with Gasteiger partial charge in [0.2, 0.25) is 11.8 Å². The summed E-state index contributed by atoms with van der Waals surface area (Å²) >= 11 is 0. The summed E-state index contributed by atoms with van der Waals surface area (Å²) in [6, 6.07) is -0.713. The first-order chi connectivity index (χ1) is 8.02. The predicted octanol–water partition coefficient (Wildman–Crippen LogP) is -1.42. The van der Waals surface area contributed by atoms with Gasteiger partial charge in [-0.1, -0.05) is 33.6 Å². The summed E-state index contributed by atoms with van der Waals surface area (Å²) in [5, 5.41) is 4.43. The minimum atomic E-state index is -1.08. The van der Waals surface area contributed by atoms with Crippen molar-refractivity contribution < 1.29 is 43.9 Å². The Morgan fingerprint density at radius 2 is 1.56 bits per heavy atom. The van der Waals surface area contributed by atoms with Crippen LogP contribution in [0.2, 0.25) is 0 Å². The molecular formula is C12H20N2NaO3+. The average molecular weight is 263 g/mol. The molecule has 5 nitrogen and oxygen atoms in total. The third-order valence-electron chi connectivity index (χ3n) is 3.65. The van der Waals surface area contributed by atoms with Crippen LogP contribution in [0.4, 0.5) is 4.79 Å². The van der Waals surface area contributed by atoms with Crippen LogP contribution in [-0.4, -0.2) is 17.8 Å². The summed E-state index contributed by atoms with van der Waals surface area (Å²) in [7, 11) is 0. The number of carbonyl (C=O) groups excluding carboxylic acids is 3. The molecule has 0 aromatic carbocycles. The van der Waals surface area contributed by atoms with Crippen LogP contribution in [0.5, 0.6) is 0 Å². The van der Waals surface area contributed by atoms with E-state index in [4.69, 9.17) is 0 Å². The minimum Gasteiger partial charge on any atom is -0.277 e. The van der Waals surface area contributed by atoms with E-state index in [1.54, 1.807) is 0 Å². The number of imide groups is 2. The van der Waals surface area contributed by atoms with Crippen LogP contribution >= 0.6 is 0 Å². The molecule has 96 valence electrons. The largest absolute Gasteiger partial charge is 1.00 e. The Kier molecular flexibility index (Phi) is 7.10. The van der Waals surface area contributed by atoms with Crippen LogP contribution in [0, 0.1) is 11.3 Å². The molecule has 1 fully saturated rings. The summed E-state index contributed by atoms with van der Waals surface area (Å²) in [5.74, 6) is -0.922. The van der Waals surface area contributed by atoms with E-state index in [-0.39, 0.29) is 35.5 Å². The Morgan fingerprint density at radius 3 is 1.89 bits per heavy atom. The molecule has 1 saturated heterocycles. The second-order valence-corrected chi connectivity index (χ2v) is 4.46. The van der Waals surface area contributed by atoms with Gasteiger partial charge in [0, 0.05) is 0 Å². The van der Waals surface area contributed by atoms with Crippen LogP contribution in [0.1, 0.15) is 46.5 Å². The Hall–Kier alpha value is -0.390. The Bertz CT molecular complexity index is 324. The number of hydrogen-bond donors (Lipinski definition) is 2. The SMILES string of the molecule is CCCC(CC)C1(CC)C(=O)NC(=O)NC1=O.[Na+]. The van der Waals surface area contributed by atoms with Gasteiger partial charge in [0.1, 0.15) is 5.41 Å². The van der Waals surface area contributed by atoms with Gasteiger partial charge in [-0.2, -0.15) is 0 Å². The summed E-state index contributed by atoms with van der Waals surface area (Å²) in [6.07, 6.45) is 2.88. The number of barbiturate groups is 1. The molecule has 0 radical (unpaired) electrons. The van der Waals surface area contributed by atoms with Crippen molar-refractivity contribution in [3.63, 3.8) is 0 Å². The molecule has 1 aliphatic rings. The number of carbonyl (C=O) groups is 3. The van der Waals surface area contributed by atoms with Gasteiger partial charge in [-0.25, -0.2) is 4.79 Å². The molecule has 1 aliphatic heterocycles. The molecule has 4 amide bonds. The van der Waals surface area contributed by atoms with E-state index in [0.717, 1.165) is 19.3 Å². The molecule has 0 spiro atoms. The number of amides is 4. The Morgan fingerprint density at radius 1 is 1.06 bits per heavy atom. The topological polar surface area (TPSA) is 75.3 Å². The Labute approximate surface area is 130 Å². The standard InChI is InChI=1S/C12H20N2O3.Na/c1-4-7-8(5-2)12(6-3)9(15)13-11(17)14-10(12)16;/h8H,4-7H2,1-3H3,(H2,13,14,15,16,17);/q;+1. The molecule has 1 unspecified atom stereocenters. The van der Waals surface area contributed by atoms with Crippen molar-refractivity contribution >= 4 is 17.8 Å². The van der Waals surface area contributed by atoms with Crippen molar-refractivity contribution in [3.05, 3.63) is 0 Å². The van der Waals surface area contributed by atoms with Gasteiger partial charge in [0.05, 0.1) is 0 Å². The maximum Gasteiger partial charge on any atom is 1.00 e. The fourth-order valence-electron chi connectivity index (χ4n) is 2.69. The molecule has 1 rings (SSSR count). The van der Waals surface area contributed by atoms with Gasteiger partial charge >= 0.3 is 35.6 Å². The summed E-state index contributed by atoms with van der Waals surface area (Å²) in [6.45, 7) is 5.80. The van der Waals surface area contributed by atoms with Crippen molar-refractivity contribution in [2.75, 3.05) is 0 Å². The zero-order valence-corrected chi connectivity index (χ0v) is 13.6. The fraction of sp³-hybridized carbons (Fsp3) is 0.750. The minimum absolute atomic E-state index is 0. The Balaban J connectivity index is 0.00000289. The average Bonchev–Trinajstić information content (AvgIpc) is 2.27.